The predicted molar refractivity (Wildman–Crippen MR) is 80.9 cm³/mol. The number of aliphatic hydroxyl groups is 1. The van der Waals surface area contributed by atoms with E-state index in [4.69, 9.17) is 5.11 Å². The van der Waals surface area contributed by atoms with Gasteiger partial charge >= 0.3 is 0 Å². The predicted octanol–water partition coefficient (Wildman–Crippen LogP) is 5.71. The molecule has 0 bridgehead atoms. The molecule has 0 saturated heterocycles. The van der Waals surface area contributed by atoms with Crippen LogP contribution < -0.4 is 0 Å². The van der Waals surface area contributed by atoms with Gasteiger partial charge in [-0.1, -0.05) is 64.7 Å². The molecule has 0 aliphatic heterocycles. The van der Waals surface area contributed by atoms with Crippen LogP contribution in [0.1, 0.15) is 71.1 Å². The van der Waals surface area contributed by atoms with Crippen molar-refractivity contribution in [1.82, 2.24) is 0 Å². The third-order valence-electron chi connectivity index (χ3n) is 2.96. The van der Waals surface area contributed by atoms with E-state index in [1.54, 1.807) is 6.08 Å². The minimum absolute atomic E-state index is 0.952. The molecule has 0 amide bonds. The van der Waals surface area contributed by atoms with Crippen molar-refractivity contribution in [3.63, 3.8) is 0 Å². The van der Waals surface area contributed by atoms with Crippen molar-refractivity contribution in [2.45, 2.75) is 71.1 Å². The number of rotatable bonds is 13. The van der Waals surface area contributed by atoms with E-state index in [-0.39, 0.29) is 0 Å². The minimum Gasteiger partial charge on any atom is -0.516 e. The van der Waals surface area contributed by atoms with E-state index in [1.807, 2.05) is 11.8 Å². The SMILES string of the molecule is CCCCCCCCCCCCSC/C=C/O. The van der Waals surface area contributed by atoms with Gasteiger partial charge in [0.2, 0.25) is 0 Å². The fraction of sp³-hybridized carbons (Fsp3) is 0.867. The lowest BCUT2D eigenvalue weighted by Crippen LogP contribution is -1.84. The summed E-state index contributed by atoms with van der Waals surface area (Å²) in [5.74, 6) is 2.19. The van der Waals surface area contributed by atoms with E-state index < -0.39 is 0 Å². The van der Waals surface area contributed by atoms with Crippen molar-refractivity contribution < 1.29 is 5.11 Å². The Morgan fingerprint density at radius 3 is 1.88 bits per heavy atom. The number of unbranched alkanes of at least 4 members (excludes halogenated alkanes) is 9. The second-order valence-electron chi connectivity index (χ2n) is 4.64. The maximum atomic E-state index is 8.45. The largest absolute Gasteiger partial charge is 0.516 e. The zero-order valence-electron chi connectivity index (χ0n) is 11.5. The molecule has 2 heteroatoms. The molecule has 1 N–H and O–H groups in total. The summed E-state index contributed by atoms with van der Waals surface area (Å²) < 4.78 is 0. The molecule has 0 heterocycles. The second-order valence-corrected chi connectivity index (χ2v) is 5.79. The first-order chi connectivity index (χ1) is 8.41. The van der Waals surface area contributed by atoms with Gasteiger partial charge < -0.3 is 5.11 Å². The van der Waals surface area contributed by atoms with Gasteiger partial charge in [0.05, 0.1) is 6.26 Å². The summed E-state index contributed by atoms with van der Waals surface area (Å²) in [4.78, 5) is 0. The third-order valence-corrected chi connectivity index (χ3v) is 3.97. The highest BCUT2D eigenvalue weighted by Crippen LogP contribution is 2.12. The summed E-state index contributed by atoms with van der Waals surface area (Å²) in [6, 6.07) is 0. The van der Waals surface area contributed by atoms with Gasteiger partial charge in [-0.2, -0.15) is 11.8 Å². The summed E-state index contributed by atoms with van der Waals surface area (Å²) in [6.45, 7) is 2.27. The van der Waals surface area contributed by atoms with E-state index in [9.17, 15) is 0 Å². The lowest BCUT2D eigenvalue weighted by Gasteiger charge is -2.02. The topological polar surface area (TPSA) is 20.2 Å². The Bertz CT molecular complexity index is 157. The molecule has 17 heavy (non-hydrogen) atoms. The van der Waals surface area contributed by atoms with Gasteiger partial charge in [-0.3, -0.25) is 0 Å². The van der Waals surface area contributed by atoms with Gasteiger partial charge in [0, 0.05) is 5.75 Å². The lowest BCUT2D eigenvalue weighted by molar-refractivity contribution is 0.473. The quantitative estimate of drug-likeness (QED) is 0.337. The van der Waals surface area contributed by atoms with Crippen molar-refractivity contribution in [3.05, 3.63) is 12.3 Å². The highest BCUT2D eigenvalue weighted by atomic mass is 32.2. The molecule has 0 radical (unpaired) electrons. The molecule has 0 rings (SSSR count). The lowest BCUT2D eigenvalue weighted by atomic mass is 10.1. The van der Waals surface area contributed by atoms with Crippen molar-refractivity contribution in [2.24, 2.45) is 0 Å². The van der Waals surface area contributed by atoms with E-state index >= 15 is 0 Å². The standard InChI is InChI=1S/C15H30OS/c1-2-3-4-5-6-7-8-9-10-11-14-17-15-12-13-16/h12-13,16H,2-11,14-15H2,1H3/b13-12+. The van der Waals surface area contributed by atoms with Crippen LogP contribution in [0, 0.1) is 0 Å². The summed E-state index contributed by atoms with van der Waals surface area (Å²) in [5, 5.41) is 8.45. The Kier molecular flexibility index (Phi) is 15.8. The minimum atomic E-state index is 0.952. The number of aliphatic hydroxyl groups excluding tert-OH is 1. The van der Waals surface area contributed by atoms with Gasteiger partial charge in [-0.25, -0.2) is 0 Å². The first kappa shape index (κ1) is 16.9. The fourth-order valence-electron chi connectivity index (χ4n) is 1.89. The molecule has 1 nitrogen and oxygen atoms in total. The van der Waals surface area contributed by atoms with Crippen LogP contribution >= 0.6 is 11.8 Å². The van der Waals surface area contributed by atoms with Gasteiger partial charge in [0.25, 0.3) is 0 Å². The van der Waals surface area contributed by atoms with Crippen LogP contribution in [0.15, 0.2) is 12.3 Å². The molecular weight excluding hydrogens is 228 g/mol. The second kappa shape index (κ2) is 15.9. The van der Waals surface area contributed by atoms with E-state index in [0.717, 1.165) is 12.0 Å². The molecule has 0 spiro atoms. The van der Waals surface area contributed by atoms with Gasteiger partial charge in [-0.15, -0.1) is 0 Å². The van der Waals surface area contributed by atoms with Gasteiger partial charge in [-0.05, 0) is 18.2 Å². The first-order valence-electron chi connectivity index (χ1n) is 7.28. The molecule has 0 aromatic rings. The van der Waals surface area contributed by atoms with Crippen molar-refractivity contribution in [3.8, 4) is 0 Å². The van der Waals surface area contributed by atoms with Crippen LogP contribution in [-0.2, 0) is 0 Å². The average Bonchev–Trinajstić information content (AvgIpc) is 2.35. The van der Waals surface area contributed by atoms with Crippen LogP contribution in [0.2, 0.25) is 0 Å². The summed E-state index contributed by atoms with van der Waals surface area (Å²) in [6.07, 6.45) is 17.0. The fourth-order valence-corrected chi connectivity index (χ4v) is 2.68. The maximum absolute atomic E-state index is 8.45. The molecule has 0 aliphatic rings. The third kappa shape index (κ3) is 15.9. The summed E-state index contributed by atoms with van der Waals surface area (Å²) in [7, 11) is 0. The van der Waals surface area contributed by atoms with Crippen LogP contribution in [0.5, 0.6) is 0 Å². The Morgan fingerprint density at radius 2 is 1.35 bits per heavy atom. The van der Waals surface area contributed by atoms with Crippen LogP contribution in [0.25, 0.3) is 0 Å². The Hall–Kier alpha value is -0.110. The maximum Gasteiger partial charge on any atom is 0.0760 e. The zero-order chi connectivity index (χ0) is 12.6. The molecule has 0 aliphatic carbocycles. The van der Waals surface area contributed by atoms with E-state index in [1.165, 1.54) is 70.0 Å². The highest BCUT2D eigenvalue weighted by molar-refractivity contribution is 7.99. The highest BCUT2D eigenvalue weighted by Gasteiger charge is 1.92. The van der Waals surface area contributed by atoms with Crippen molar-refractivity contribution in [1.29, 1.82) is 0 Å². The van der Waals surface area contributed by atoms with E-state index in [0.29, 0.717) is 0 Å². The molecular formula is C15H30OS. The van der Waals surface area contributed by atoms with Crippen LogP contribution in [0.3, 0.4) is 0 Å². The smallest absolute Gasteiger partial charge is 0.0760 e. The molecule has 102 valence electrons. The molecule has 0 atom stereocenters. The van der Waals surface area contributed by atoms with Crippen LogP contribution in [-0.4, -0.2) is 16.6 Å². The number of hydrogen-bond donors (Lipinski definition) is 1. The Morgan fingerprint density at radius 1 is 0.824 bits per heavy atom. The monoisotopic (exact) mass is 258 g/mol. The van der Waals surface area contributed by atoms with Crippen molar-refractivity contribution >= 4 is 11.8 Å². The molecule has 0 saturated carbocycles. The average molecular weight is 258 g/mol. The molecule has 0 aromatic carbocycles. The number of thioether (sulfide) groups is 1. The van der Waals surface area contributed by atoms with Crippen LogP contribution in [0.4, 0.5) is 0 Å². The Balaban J connectivity index is 2.89. The summed E-state index contributed by atoms with van der Waals surface area (Å²) in [5.41, 5.74) is 0. The zero-order valence-corrected chi connectivity index (χ0v) is 12.3. The normalized spacial score (nSPS) is 11.4. The van der Waals surface area contributed by atoms with E-state index in [2.05, 4.69) is 6.92 Å². The molecule has 0 fully saturated rings. The van der Waals surface area contributed by atoms with Gasteiger partial charge in [0.1, 0.15) is 0 Å². The Labute approximate surface area is 112 Å². The molecule has 0 aromatic heterocycles. The molecule has 0 unspecified atom stereocenters. The first-order valence-corrected chi connectivity index (χ1v) is 8.44. The summed E-state index contributed by atoms with van der Waals surface area (Å²) >= 11 is 1.91. The van der Waals surface area contributed by atoms with Crippen molar-refractivity contribution in [2.75, 3.05) is 11.5 Å². The van der Waals surface area contributed by atoms with Gasteiger partial charge in [0.15, 0.2) is 0 Å². The number of hydrogen-bond acceptors (Lipinski definition) is 2.